The quantitative estimate of drug-likeness (QED) is 0.561. The van der Waals surface area contributed by atoms with Crippen molar-refractivity contribution in [1.82, 2.24) is 10.6 Å². The molecule has 1 amide bonds. The first-order chi connectivity index (χ1) is 14.1. The van der Waals surface area contributed by atoms with Crippen LogP contribution >= 0.6 is 0 Å². The molecule has 1 aliphatic heterocycles. The van der Waals surface area contributed by atoms with Gasteiger partial charge in [0.05, 0.1) is 11.4 Å². The fourth-order valence-electron chi connectivity index (χ4n) is 3.23. The van der Waals surface area contributed by atoms with Crippen molar-refractivity contribution in [3.63, 3.8) is 0 Å². The predicted molar refractivity (Wildman–Crippen MR) is 116 cm³/mol. The van der Waals surface area contributed by atoms with Gasteiger partial charge in [0.1, 0.15) is 0 Å². The molecule has 0 atom stereocenters. The summed E-state index contributed by atoms with van der Waals surface area (Å²) in [7, 11) is 0. The molecular weight excluding hydrogens is 364 g/mol. The van der Waals surface area contributed by atoms with Crippen molar-refractivity contribution in [3.05, 3.63) is 72.2 Å². The minimum Gasteiger partial charge on any atom is -0.378 e. The summed E-state index contributed by atoms with van der Waals surface area (Å²) in [5.41, 5.74) is 0.798. The average molecular weight is 395 g/mol. The van der Waals surface area contributed by atoms with Crippen LogP contribution in [0, 0.1) is 0 Å². The van der Waals surface area contributed by atoms with E-state index in [0.717, 1.165) is 44.9 Å². The Labute approximate surface area is 173 Å². The van der Waals surface area contributed by atoms with E-state index < -0.39 is 5.91 Å². The number of allylic oxidation sites excluding steroid dienone is 7. The molecule has 2 bridgehead atoms. The third kappa shape index (κ3) is 7.53. The molecule has 0 radical (unpaired) electrons. The zero-order valence-corrected chi connectivity index (χ0v) is 16.9. The lowest BCUT2D eigenvalue weighted by molar-refractivity contribution is -0.119. The Kier molecular flexibility index (Phi) is 9.63. The maximum Gasteiger partial charge on any atom is 0.248 e. The standard InChI is InChI=1S/C24H30N2O3/c1-2-17-25-23-19-15-13-11-9-7-5-3-4-6-8-10-12-14-16-22(28)26-20(24(19)29)18-21(23)27/h2-4,10,12,14,16,18,25H,1,5-9,11,13,15,17H2,(H,26,28)/b4-3-,12-10-,16-14-. The van der Waals surface area contributed by atoms with Gasteiger partial charge in [0.15, 0.2) is 0 Å². The number of rotatable bonds is 3. The molecule has 2 N–H and O–H groups in total. The first-order valence-electron chi connectivity index (χ1n) is 10.3. The van der Waals surface area contributed by atoms with Crippen molar-refractivity contribution in [2.24, 2.45) is 0 Å². The van der Waals surface area contributed by atoms with Gasteiger partial charge in [-0.15, -0.1) is 6.58 Å². The van der Waals surface area contributed by atoms with E-state index in [1.165, 1.54) is 12.2 Å². The van der Waals surface area contributed by atoms with Gasteiger partial charge >= 0.3 is 0 Å². The van der Waals surface area contributed by atoms with Crippen molar-refractivity contribution in [2.45, 2.75) is 51.4 Å². The number of ketones is 2. The molecule has 1 aliphatic carbocycles. The van der Waals surface area contributed by atoms with Crippen LogP contribution in [0.25, 0.3) is 0 Å². The van der Waals surface area contributed by atoms with E-state index in [0.29, 0.717) is 24.2 Å². The topological polar surface area (TPSA) is 75.3 Å². The molecule has 1 heterocycles. The second kappa shape index (κ2) is 12.5. The van der Waals surface area contributed by atoms with Gasteiger partial charge < -0.3 is 10.6 Å². The number of nitrogens with one attached hydrogen (secondary N) is 2. The van der Waals surface area contributed by atoms with Crippen LogP contribution in [0.3, 0.4) is 0 Å². The van der Waals surface area contributed by atoms with Crippen LogP contribution in [-0.4, -0.2) is 24.0 Å². The molecule has 2 aliphatic rings. The number of carbonyl (C=O) groups excluding carboxylic acids is 3. The first kappa shape index (κ1) is 22.3. The van der Waals surface area contributed by atoms with Crippen molar-refractivity contribution in [1.29, 1.82) is 0 Å². The second-order valence-electron chi connectivity index (χ2n) is 7.05. The monoisotopic (exact) mass is 394 g/mol. The maximum absolute atomic E-state index is 12.9. The molecule has 0 saturated heterocycles. The lowest BCUT2D eigenvalue weighted by Gasteiger charge is -2.20. The van der Waals surface area contributed by atoms with Gasteiger partial charge in [-0.3, -0.25) is 14.4 Å². The number of hydrogen-bond acceptors (Lipinski definition) is 4. The zero-order valence-electron chi connectivity index (χ0n) is 16.9. The molecule has 154 valence electrons. The fourth-order valence-corrected chi connectivity index (χ4v) is 3.23. The minimum absolute atomic E-state index is 0.0369. The summed E-state index contributed by atoms with van der Waals surface area (Å²) >= 11 is 0. The van der Waals surface area contributed by atoms with Gasteiger partial charge in [0.25, 0.3) is 0 Å². The van der Waals surface area contributed by atoms with Crippen LogP contribution in [0.1, 0.15) is 51.4 Å². The SMILES string of the molecule is C=CCNC1=C2CCCCCC/C=C\CC/C=C\C=C/C(=O)NC(=CC1=O)C2=O. The summed E-state index contributed by atoms with van der Waals surface area (Å²) in [6.07, 6.45) is 21.5. The highest BCUT2D eigenvalue weighted by atomic mass is 16.2. The predicted octanol–water partition coefficient (Wildman–Crippen LogP) is 3.97. The van der Waals surface area contributed by atoms with Crippen LogP contribution in [-0.2, 0) is 14.4 Å². The Morgan fingerprint density at radius 2 is 1.72 bits per heavy atom. The van der Waals surface area contributed by atoms with E-state index in [1.54, 1.807) is 12.2 Å². The Balaban J connectivity index is 2.19. The van der Waals surface area contributed by atoms with E-state index in [-0.39, 0.29) is 17.3 Å². The van der Waals surface area contributed by atoms with Crippen molar-refractivity contribution in [3.8, 4) is 0 Å². The summed E-state index contributed by atoms with van der Waals surface area (Å²) in [4.78, 5) is 37.6. The van der Waals surface area contributed by atoms with Gasteiger partial charge in [0, 0.05) is 24.3 Å². The molecule has 0 saturated carbocycles. The Hall–Kier alpha value is -2.95. The molecule has 5 nitrogen and oxygen atoms in total. The molecule has 0 aromatic carbocycles. The van der Waals surface area contributed by atoms with Crippen LogP contribution in [0.15, 0.2) is 72.2 Å². The lowest BCUT2D eigenvalue weighted by atomic mass is 9.92. The number of hydrogen-bond donors (Lipinski definition) is 2. The highest BCUT2D eigenvalue weighted by molar-refractivity contribution is 6.23. The number of Topliss-reactive ketones (excluding diaryl/α,β-unsaturated/α-hetero) is 1. The maximum atomic E-state index is 12.9. The minimum atomic E-state index is -0.429. The van der Waals surface area contributed by atoms with Crippen molar-refractivity contribution >= 4 is 17.5 Å². The molecule has 5 heteroatoms. The summed E-state index contributed by atoms with van der Waals surface area (Å²) < 4.78 is 0. The van der Waals surface area contributed by atoms with E-state index in [2.05, 4.69) is 29.4 Å². The highest BCUT2D eigenvalue weighted by Crippen LogP contribution is 2.22. The van der Waals surface area contributed by atoms with Crippen LogP contribution < -0.4 is 10.6 Å². The number of carbonyl (C=O) groups is 3. The molecular formula is C24H30N2O3. The van der Waals surface area contributed by atoms with Crippen molar-refractivity contribution in [2.75, 3.05) is 6.54 Å². The number of amides is 1. The van der Waals surface area contributed by atoms with Crippen LogP contribution in [0.5, 0.6) is 0 Å². The normalized spacial score (nSPS) is 23.0. The van der Waals surface area contributed by atoms with E-state index in [1.807, 2.05) is 12.2 Å². The average Bonchev–Trinajstić information content (AvgIpc) is 2.70. The lowest BCUT2D eigenvalue weighted by Crippen LogP contribution is -2.34. The second-order valence-corrected chi connectivity index (χ2v) is 7.05. The Morgan fingerprint density at radius 3 is 2.55 bits per heavy atom. The molecule has 0 spiro atoms. The fraction of sp³-hybridized carbons (Fsp3) is 0.375. The molecule has 29 heavy (non-hydrogen) atoms. The largest absolute Gasteiger partial charge is 0.378 e. The molecule has 0 aromatic heterocycles. The van der Waals surface area contributed by atoms with E-state index in [4.69, 9.17) is 0 Å². The third-order valence-electron chi connectivity index (χ3n) is 4.73. The van der Waals surface area contributed by atoms with Gasteiger partial charge in [-0.2, -0.15) is 0 Å². The number of fused-ring (bicyclic) bond motifs is 2. The van der Waals surface area contributed by atoms with Gasteiger partial charge in [-0.05, 0) is 38.5 Å². The molecule has 0 aromatic rings. The Morgan fingerprint density at radius 1 is 0.966 bits per heavy atom. The highest BCUT2D eigenvalue weighted by Gasteiger charge is 2.28. The van der Waals surface area contributed by atoms with Gasteiger partial charge in [0.2, 0.25) is 17.5 Å². The van der Waals surface area contributed by atoms with Gasteiger partial charge in [-0.25, -0.2) is 0 Å². The zero-order chi connectivity index (χ0) is 20.9. The van der Waals surface area contributed by atoms with Crippen LogP contribution in [0.2, 0.25) is 0 Å². The summed E-state index contributed by atoms with van der Waals surface area (Å²) in [6.45, 7) is 4.04. The van der Waals surface area contributed by atoms with E-state index in [9.17, 15) is 14.4 Å². The molecule has 0 fully saturated rings. The summed E-state index contributed by atoms with van der Waals surface area (Å²) in [5.74, 6) is -1.02. The molecule has 0 unspecified atom stereocenters. The van der Waals surface area contributed by atoms with Gasteiger partial charge in [-0.1, -0.05) is 49.3 Å². The smallest absolute Gasteiger partial charge is 0.248 e. The van der Waals surface area contributed by atoms with Crippen molar-refractivity contribution < 1.29 is 14.4 Å². The Bertz CT molecular complexity index is 782. The van der Waals surface area contributed by atoms with E-state index >= 15 is 0 Å². The third-order valence-corrected chi connectivity index (χ3v) is 4.73. The first-order valence-corrected chi connectivity index (χ1v) is 10.3. The summed E-state index contributed by atoms with van der Waals surface area (Å²) in [6, 6.07) is 0. The van der Waals surface area contributed by atoms with Crippen LogP contribution in [0.4, 0.5) is 0 Å². The summed E-state index contributed by atoms with van der Waals surface area (Å²) in [5, 5.41) is 5.55. The molecule has 2 rings (SSSR count).